The highest BCUT2D eigenvalue weighted by Gasteiger charge is 2.25. The van der Waals surface area contributed by atoms with E-state index in [1.807, 2.05) is 6.92 Å². The van der Waals surface area contributed by atoms with E-state index in [9.17, 15) is 9.59 Å². The molecular weight excluding hydrogens is 234 g/mol. The van der Waals surface area contributed by atoms with Crippen molar-refractivity contribution in [2.45, 2.75) is 19.3 Å². The number of carbonyl (C=O) groups excluding carboxylic acids is 1. The number of likely N-dealkylation sites (N-methyl/N-ethyl adjacent to an activating group) is 1. The first-order chi connectivity index (χ1) is 8.54. The highest BCUT2D eigenvalue weighted by Crippen LogP contribution is 2.34. The lowest BCUT2D eigenvalue weighted by atomic mass is 9.96. The maximum absolute atomic E-state index is 11.4. The van der Waals surface area contributed by atoms with Gasteiger partial charge in [0.1, 0.15) is 5.75 Å². The first-order valence-corrected chi connectivity index (χ1v) is 5.80. The lowest BCUT2D eigenvalue weighted by Crippen LogP contribution is -2.35. The van der Waals surface area contributed by atoms with Crippen molar-refractivity contribution in [2.75, 3.05) is 18.6 Å². The van der Waals surface area contributed by atoms with E-state index in [0.717, 1.165) is 0 Å². The van der Waals surface area contributed by atoms with Gasteiger partial charge < -0.3 is 14.7 Å². The highest BCUT2D eigenvalue weighted by molar-refractivity contribution is 5.97. The lowest BCUT2D eigenvalue weighted by molar-refractivity contribution is -0.138. The molecule has 0 aromatic heterocycles. The van der Waals surface area contributed by atoms with Gasteiger partial charge in [-0.3, -0.25) is 9.59 Å². The Morgan fingerprint density at radius 1 is 1.56 bits per heavy atom. The molecule has 0 radical (unpaired) electrons. The normalized spacial score (nSPS) is 15.9. The topological polar surface area (TPSA) is 66.8 Å². The zero-order chi connectivity index (χ0) is 13.3. The highest BCUT2D eigenvalue weighted by atomic mass is 16.5. The number of rotatable bonds is 3. The molecule has 1 heterocycles. The molecule has 18 heavy (non-hydrogen) atoms. The summed E-state index contributed by atoms with van der Waals surface area (Å²) in [6, 6.07) is 5.17. The molecule has 0 spiro atoms. The number of anilines is 1. The van der Waals surface area contributed by atoms with Gasteiger partial charge in [0, 0.05) is 7.05 Å². The molecular formula is C13H15NO4. The van der Waals surface area contributed by atoms with Crippen molar-refractivity contribution in [2.24, 2.45) is 0 Å². The van der Waals surface area contributed by atoms with Crippen LogP contribution in [0.25, 0.3) is 0 Å². The molecule has 1 aromatic rings. The third kappa shape index (κ3) is 2.03. The minimum Gasteiger partial charge on any atom is -0.482 e. The number of hydrogen-bond acceptors (Lipinski definition) is 3. The van der Waals surface area contributed by atoms with Gasteiger partial charge in [-0.2, -0.15) is 0 Å². The summed E-state index contributed by atoms with van der Waals surface area (Å²) in [7, 11) is 1.68. The Balaban J connectivity index is 2.39. The molecule has 2 rings (SSSR count). The second kappa shape index (κ2) is 4.68. The minimum absolute atomic E-state index is 0.00316. The predicted molar refractivity (Wildman–Crippen MR) is 66.0 cm³/mol. The van der Waals surface area contributed by atoms with Crippen molar-refractivity contribution in [1.29, 1.82) is 0 Å². The fraction of sp³-hybridized carbons (Fsp3) is 0.385. The number of hydrogen-bond donors (Lipinski definition) is 1. The average Bonchev–Trinajstić information content (AvgIpc) is 2.34. The summed E-state index contributed by atoms with van der Waals surface area (Å²) in [6.07, 6.45) is 0.517. The molecule has 0 saturated carbocycles. The Morgan fingerprint density at radius 3 is 2.89 bits per heavy atom. The van der Waals surface area contributed by atoms with Crippen LogP contribution in [0.5, 0.6) is 5.75 Å². The zero-order valence-corrected chi connectivity index (χ0v) is 10.3. The van der Waals surface area contributed by atoms with Gasteiger partial charge in [0.15, 0.2) is 6.61 Å². The summed E-state index contributed by atoms with van der Waals surface area (Å²) < 4.78 is 5.34. The van der Waals surface area contributed by atoms with Gasteiger partial charge in [-0.15, -0.1) is 0 Å². The van der Waals surface area contributed by atoms with Gasteiger partial charge in [-0.05, 0) is 24.1 Å². The number of benzene rings is 1. The van der Waals surface area contributed by atoms with Crippen molar-refractivity contribution in [1.82, 2.24) is 0 Å². The van der Waals surface area contributed by atoms with Crippen LogP contribution in [0.3, 0.4) is 0 Å². The lowest BCUT2D eigenvalue weighted by Gasteiger charge is -2.26. The van der Waals surface area contributed by atoms with Crippen LogP contribution in [0, 0.1) is 0 Å². The van der Waals surface area contributed by atoms with Crippen LogP contribution in [-0.4, -0.2) is 30.6 Å². The molecule has 96 valence electrons. The molecule has 1 aromatic carbocycles. The van der Waals surface area contributed by atoms with E-state index in [4.69, 9.17) is 9.84 Å². The largest absolute Gasteiger partial charge is 0.482 e. The van der Waals surface area contributed by atoms with E-state index in [1.165, 1.54) is 4.90 Å². The maximum Gasteiger partial charge on any atom is 0.310 e. The number of carboxylic acid groups (broad SMARTS) is 1. The molecule has 1 amide bonds. The van der Waals surface area contributed by atoms with Crippen LogP contribution < -0.4 is 9.64 Å². The van der Waals surface area contributed by atoms with Crippen LogP contribution in [0.2, 0.25) is 0 Å². The number of carboxylic acids is 1. The van der Waals surface area contributed by atoms with Crippen LogP contribution in [0.15, 0.2) is 18.2 Å². The molecule has 5 nitrogen and oxygen atoms in total. The molecule has 1 atom stereocenters. The Kier molecular flexibility index (Phi) is 3.23. The van der Waals surface area contributed by atoms with Crippen LogP contribution >= 0.6 is 0 Å². The van der Waals surface area contributed by atoms with E-state index in [-0.39, 0.29) is 12.5 Å². The molecule has 0 fully saturated rings. The van der Waals surface area contributed by atoms with Gasteiger partial charge in [0.25, 0.3) is 5.91 Å². The van der Waals surface area contributed by atoms with E-state index in [2.05, 4.69) is 0 Å². The average molecular weight is 249 g/mol. The Hall–Kier alpha value is -2.04. The van der Waals surface area contributed by atoms with Gasteiger partial charge in [-0.25, -0.2) is 0 Å². The number of ether oxygens (including phenoxy) is 1. The third-order valence-electron chi connectivity index (χ3n) is 3.18. The van der Waals surface area contributed by atoms with Crippen LogP contribution in [-0.2, 0) is 9.59 Å². The van der Waals surface area contributed by atoms with E-state index in [0.29, 0.717) is 23.4 Å². The smallest absolute Gasteiger partial charge is 0.310 e. The van der Waals surface area contributed by atoms with Crippen molar-refractivity contribution in [3.63, 3.8) is 0 Å². The Bertz CT molecular complexity index is 498. The molecule has 5 heteroatoms. The van der Waals surface area contributed by atoms with Crippen molar-refractivity contribution >= 4 is 17.6 Å². The standard InChI is InChI=1S/C13H15NO4/c1-3-9(13(16)17)8-4-5-10-11(6-8)18-7-12(15)14(10)2/h4-6,9H,3,7H2,1-2H3,(H,16,17). The number of nitrogens with zero attached hydrogens (tertiary/aromatic N) is 1. The summed E-state index contributed by atoms with van der Waals surface area (Å²) in [5.41, 5.74) is 1.38. The monoisotopic (exact) mass is 249 g/mol. The molecule has 0 aliphatic carbocycles. The summed E-state index contributed by atoms with van der Waals surface area (Å²) in [6.45, 7) is 1.82. The molecule has 1 unspecified atom stereocenters. The molecule has 1 aliphatic heterocycles. The summed E-state index contributed by atoms with van der Waals surface area (Å²) >= 11 is 0. The van der Waals surface area contributed by atoms with Crippen molar-refractivity contribution in [3.8, 4) is 5.75 Å². The van der Waals surface area contributed by atoms with E-state index < -0.39 is 11.9 Å². The van der Waals surface area contributed by atoms with Gasteiger partial charge in [0.2, 0.25) is 0 Å². The molecule has 1 N–H and O–H groups in total. The van der Waals surface area contributed by atoms with Crippen molar-refractivity contribution < 1.29 is 19.4 Å². The Labute approximate surface area is 105 Å². The molecule has 1 aliphatic rings. The van der Waals surface area contributed by atoms with E-state index in [1.54, 1.807) is 25.2 Å². The maximum atomic E-state index is 11.4. The number of amides is 1. The van der Waals surface area contributed by atoms with Crippen molar-refractivity contribution in [3.05, 3.63) is 23.8 Å². The first-order valence-electron chi connectivity index (χ1n) is 5.80. The van der Waals surface area contributed by atoms with Crippen LogP contribution in [0.4, 0.5) is 5.69 Å². The van der Waals surface area contributed by atoms with Crippen LogP contribution in [0.1, 0.15) is 24.8 Å². The second-order valence-corrected chi connectivity index (χ2v) is 4.27. The van der Waals surface area contributed by atoms with Gasteiger partial charge >= 0.3 is 5.97 Å². The zero-order valence-electron chi connectivity index (χ0n) is 10.3. The summed E-state index contributed by atoms with van der Waals surface area (Å²) in [4.78, 5) is 24.1. The quantitative estimate of drug-likeness (QED) is 0.884. The number of carbonyl (C=O) groups is 2. The van der Waals surface area contributed by atoms with Gasteiger partial charge in [-0.1, -0.05) is 13.0 Å². The number of aliphatic carboxylic acids is 1. The fourth-order valence-electron chi connectivity index (χ4n) is 2.06. The SMILES string of the molecule is CCC(C(=O)O)c1ccc2c(c1)OCC(=O)N2C. The molecule has 0 bridgehead atoms. The van der Waals surface area contributed by atoms with Gasteiger partial charge in [0.05, 0.1) is 11.6 Å². The first kappa shape index (κ1) is 12.4. The predicted octanol–water partition coefficient (Wildman–Crippen LogP) is 1.62. The second-order valence-electron chi connectivity index (χ2n) is 4.27. The molecule has 0 saturated heterocycles. The fourth-order valence-corrected chi connectivity index (χ4v) is 2.06. The minimum atomic E-state index is -0.849. The summed E-state index contributed by atoms with van der Waals surface area (Å²) in [5.74, 6) is -0.936. The third-order valence-corrected chi connectivity index (χ3v) is 3.18. The van der Waals surface area contributed by atoms with E-state index >= 15 is 0 Å². The Morgan fingerprint density at radius 2 is 2.28 bits per heavy atom. The summed E-state index contributed by atoms with van der Waals surface area (Å²) in [5, 5.41) is 9.12. The number of fused-ring (bicyclic) bond motifs is 1.